The molecule has 0 bridgehead atoms. The second-order valence-corrected chi connectivity index (χ2v) is 14.0. The van der Waals surface area contributed by atoms with E-state index in [1.807, 2.05) is 49.4 Å². The number of nitrogens with one attached hydrogen (secondary N) is 1. The smallest absolute Gasteiger partial charge is 0.332 e. The molecule has 260 valence electrons. The topological polar surface area (TPSA) is 120 Å². The molecule has 5 atom stereocenters. The van der Waals surface area contributed by atoms with Gasteiger partial charge in [0.2, 0.25) is 11.8 Å². The number of pyridine rings is 2. The molecule has 0 saturated heterocycles. The number of carbonyl (C=O) groups excluding carboxylic acids is 3. The van der Waals surface area contributed by atoms with Gasteiger partial charge in [0.05, 0.1) is 42.5 Å². The van der Waals surface area contributed by atoms with Crippen molar-refractivity contribution in [2.75, 3.05) is 27.3 Å². The average molecular weight is 669 g/mol. The maximum absolute atomic E-state index is 14.1. The standard InChI is InChI=1S/C39H48N4O6/c1-7-48-38(46)39-22-25(39)13-10-8-9-11-18-43(5)37(45)29-20-26(19-28(29)36(44)42-39)49-34-21-32(31-15-12-14-30(40-31)23(2)3)41-35-24(4)33(47-6)17-16-27(34)35/h10,12-17,21,23,25-26,28-29H,7-9,11,18-20,22H2,1-6H3,(H,42,44)/b13-10-/t25-,26-,28-,29-,39-/m1/s1. The lowest BCUT2D eigenvalue weighted by molar-refractivity contribution is -0.150. The number of benzene rings is 1. The number of methoxy groups -OCH3 is 1. The molecular weight excluding hydrogens is 620 g/mol. The lowest BCUT2D eigenvalue weighted by atomic mass is 9.93. The lowest BCUT2D eigenvalue weighted by Gasteiger charge is -2.26. The summed E-state index contributed by atoms with van der Waals surface area (Å²) in [5.41, 5.74) is 2.86. The van der Waals surface area contributed by atoms with Crippen molar-refractivity contribution in [3.05, 3.63) is 59.8 Å². The Labute approximate surface area is 288 Å². The Kier molecular flexibility index (Phi) is 9.95. The number of nitrogens with zero attached hydrogens (tertiary/aromatic N) is 3. The van der Waals surface area contributed by atoms with E-state index in [1.54, 1.807) is 26.0 Å². The fourth-order valence-electron chi connectivity index (χ4n) is 7.36. The Morgan fingerprint density at radius 1 is 1.06 bits per heavy atom. The molecule has 0 spiro atoms. The second kappa shape index (κ2) is 14.2. The van der Waals surface area contributed by atoms with Crippen LogP contribution in [-0.2, 0) is 19.1 Å². The molecule has 3 aliphatic rings. The highest BCUT2D eigenvalue weighted by atomic mass is 16.5. The van der Waals surface area contributed by atoms with Crippen molar-refractivity contribution in [1.29, 1.82) is 0 Å². The number of rotatable bonds is 7. The molecule has 1 N–H and O–H groups in total. The van der Waals surface area contributed by atoms with Gasteiger partial charge in [-0.3, -0.25) is 14.6 Å². The Hall–Kier alpha value is -4.47. The molecular formula is C39H48N4O6. The summed E-state index contributed by atoms with van der Waals surface area (Å²) in [6, 6.07) is 11.7. The highest BCUT2D eigenvalue weighted by Crippen LogP contribution is 2.47. The number of ether oxygens (including phenoxy) is 3. The Morgan fingerprint density at radius 2 is 1.86 bits per heavy atom. The summed E-state index contributed by atoms with van der Waals surface area (Å²) < 4.78 is 17.9. The van der Waals surface area contributed by atoms with Crippen LogP contribution in [0.3, 0.4) is 0 Å². The normalized spacial score (nSPS) is 26.4. The highest BCUT2D eigenvalue weighted by Gasteiger charge is 2.62. The van der Waals surface area contributed by atoms with Gasteiger partial charge in [0, 0.05) is 42.2 Å². The van der Waals surface area contributed by atoms with E-state index in [-0.39, 0.29) is 30.3 Å². The number of hydrogen-bond acceptors (Lipinski definition) is 8. The van der Waals surface area contributed by atoms with Gasteiger partial charge < -0.3 is 24.4 Å². The molecule has 2 aromatic heterocycles. The molecule has 49 heavy (non-hydrogen) atoms. The van der Waals surface area contributed by atoms with Crippen molar-refractivity contribution in [2.45, 2.75) is 83.8 Å². The van der Waals surface area contributed by atoms with Gasteiger partial charge in [-0.1, -0.05) is 32.1 Å². The molecule has 2 aliphatic carbocycles. The molecule has 3 heterocycles. The lowest BCUT2D eigenvalue weighted by Crippen LogP contribution is -2.50. The summed E-state index contributed by atoms with van der Waals surface area (Å²) in [6.45, 7) is 8.78. The van der Waals surface area contributed by atoms with Gasteiger partial charge in [-0.05, 0) is 82.6 Å². The number of carbonyl (C=O) groups is 3. The first-order chi connectivity index (χ1) is 23.6. The molecule has 2 saturated carbocycles. The van der Waals surface area contributed by atoms with Crippen LogP contribution in [0.25, 0.3) is 22.3 Å². The Bertz CT molecular complexity index is 1770. The number of aromatic nitrogens is 2. The van der Waals surface area contributed by atoms with E-state index in [2.05, 4.69) is 25.2 Å². The van der Waals surface area contributed by atoms with E-state index >= 15 is 0 Å². The predicted molar refractivity (Wildman–Crippen MR) is 187 cm³/mol. The number of amides is 2. The fourth-order valence-corrected chi connectivity index (χ4v) is 7.36. The van der Waals surface area contributed by atoms with E-state index in [1.165, 1.54) is 0 Å². The van der Waals surface area contributed by atoms with Crippen LogP contribution in [0.2, 0.25) is 0 Å². The van der Waals surface area contributed by atoms with Gasteiger partial charge in [-0.25, -0.2) is 9.78 Å². The van der Waals surface area contributed by atoms with Gasteiger partial charge >= 0.3 is 5.97 Å². The summed E-state index contributed by atoms with van der Waals surface area (Å²) >= 11 is 0. The molecule has 10 nitrogen and oxygen atoms in total. The Morgan fingerprint density at radius 3 is 2.61 bits per heavy atom. The van der Waals surface area contributed by atoms with Crippen molar-refractivity contribution in [3.63, 3.8) is 0 Å². The molecule has 6 rings (SSSR count). The van der Waals surface area contributed by atoms with Crippen LogP contribution >= 0.6 is 0 Å². The number of hydrogen-bond donors (Lipinski definition) is 1. The molecule has 0 unspecified atom stereocenters. The van der Waals surface area contributed by atoms with Crippen LogP contribution in [-0.4, -0.2) is 71.6 Å². The maximum atomic E-state index is 14.1. The van der Waals surface area contributed by atoms with E-state index < -0.39 is 29.4 Å². The van der Waals surface area contributed by atoms with E-state index in [0.29, 0.717) is 43.0 Å². The van der Waals surface area contributed by atoms with E-state index in [0.717, 1.165) is 47.1 Å². The summed E-state index contributed by atoms with van der Waals surface area (Å²) in [6.07, 6.45) is 7.48. The minimum absolute atomic E-state index is 0.0769. The summed E-state index contributed by atoms with van der Waals surface area (Å²) in [5.74, 6) is -0.639. The third-order valence-corrected chi connectivity index (χ3v) is 10.3. The molecule has 10 heteroatoms. The maximum Gasteiger partial charge on any atom is 0.332 e. The number of allylic oxidation sites excluding steroid dienone is 1. The quantitative estimate of drug-likeness (QED) is 0.235. The fraction of sp³-hybridized carbons (Fsp3) is 0.513. The first-order valence-electron chi connectivity index (χ1n) is 17.6. The molecule has 1 aromatic carbocycles. The van der Waals surface area contributed by atoms with Crippen molar-refractivity contribution >= 4 is 28.7 Å². The van der Waals surface area contributed by atoms with Crippen LogP contribution in [0, 0.1) is 24.7 Å². The zero-order valence-electron chi connectivity index (χ0n) is 29.5. The Balaban J connectivity index is 1.36. The molecule has 2 amide bonds. The third-order valence-electron chi connectivity index (χ3n) is 10.3. The van der Waals surface area contributed by atoms with Crippen molar-refractivity contribution < 1.29 is 28.6 Å². The van der Waals surface area contributed by atoms with Crippen LogP contribution in [0.15, 0.2) is 48.6 Å². The second-order valence-electron chi connectivity index (χ2n) is 14.0. The number of esters is 1. The number of fused-ring (bicyclic) bond motifs is 3. The predicted octanol–water partition coefficient (Wildman–Crippen LogP) is 6.15. The zero-order chi connectivity index (χ0) is 34.9. The average Bonchev–Trinajstić information content (AvgIpc) is 3.62. The molecule has 1 aliphatic heterocycles. The number of aryl methyl sites for hydroxylation is 1. The summed E-state index contributed by atoms with van der Waals surface area (Å²) in [7, 11) is 3.44. The zero-order valence-corrected chi connectivity index (χ0v) is 29.5. The van der Waals surface area contributed by atoms with Gasteiger partial charge in [-0.15, -0.1) is 0 Å². The van der Waals surface area contributed by atoms with Crippen LogP contribution in [0.5, 0.6) is 11.5 Å². The van der Waals surface area contributed by atoms with Gasteiger partial charge in [0.15, 0.2) is 0 Å². The minimum Gasteiger partial charge on any atom is -0.496 e. The van der Waals surface area contributed by atoms with Crippen molar-refractivity contribution in [2.24, 2.45) is 17.8 Å². The van der Waals surface area contributed by atoms with Gasteiger partial charge in [-0.2, -0.15) is 0 Å². The van der Waals surface area contributed by atoms with Gasteiger partial charge in [0.25, 0.3) is 0 Å². The van der Waals surface area contributed by atoms with E-state index in [9.17, 15) is 14.4 Å². The summed E-state index contributed by atoms with van der Waals surface area (Å²) in [5, 5.41) is 3.88. The largest absolute Gasteiger partial charge is 0.496 e. The van der Waals surface area contributed by atoms with Crippen LogP contribution in [0.4, 0.5) is 0 Å². The first-order valence-corrected chi connectivity index (χ1v) is 17.6. The third kappa shape index (κ3) is 6.87. The van der Waals surface area contributed by atoms with Crippen molar-refractivity contribution in [3.8, 4) is 22.9 Å². The monoisotopic (exact) mass is 668 g/mol. The highest BCUT2D eigenvalue weighted by molar-refractivity contribution is 5.95. The molecule has 3 aromatic rings. The summed E-state index contributed by atoms with van der Waals surface area (Å²) in [4.78, 5) is 52.9. The molecule has 2 fully saturated rings. The van der Waals surface area contributed by atoms with E-state index in [4.69, 9.17) is 24.2 Å². The first kappa shape index (κ1) is 34.4. The molecule has 0 radical (unpaired) electrons. The minimum atomic E-state index is -1.10. The SMILES string of the molecule is CCOC(=O)[C@@]12C[C@H]1/C=C\CCCCN(C)C(=O)[C@@H]1C[C@H](Oc3cc(-c4cccc(C(C)C)n4)nc4c(C)c(OC)ccc34)C[C@H]1C(=O)N2. The van der Waals surface area contributed by atoms with Gasteiger partial charge in [0.1, 0.15) is 23.1 Å². The van der Waals surface area contributed by atoms with Crippen molar-refractivity contribution in [1.82, 2.24) is 20.2 Å². The van der Waals surface area contributed by atoms with Crippen LogP contribution < -0.4 is 14.8 Å². The van der Waals surface area contributed by atoms with Crippen LogP contribution in [0.1, 0.15) is 76.5 Å².